The second-order valence-electron chi connectivity index (χ2n) is 6.07. The quantitative estimate of drug-likeness (QED) is 0.478. The Balaban J connectivity index is 1.88. The number of rotatable bonds is 6. The number of furan rings is 1. The summed E-state index contributed by atoms with van der Waals surface area (Å²) in [6, 6.07) is 10.5. The van der Waals surface area contributed by atoms with Gasteiger partial charge in [-0.15, -0.1) is 0 Å². The molecular formula is C21H18N2O5. The molecule has 0 bridgehead atoms. The Morgan fingerprint density at radius 3 is 2.57 bits per heavy atom. The number of ketones is 1. The van der Waals surface area contributed by atoms with Crippen LogP contribution in [0.25, 0.3) is 5.88 Å². The third-order valence-corrected chi connectivity index (χ3v) is 4.27. The largest absolute Gasteiger partial charge is 0.496 e. The zero-order valence-corrected chi connectivity index (χ0v) is 15.7. The number of hydrogen-bond acceptors (Lipinski definition) is 6. The van der Waals surface area contributed by atoms with Gasteiger partial charge >= 0.3 is 5.97 Å². The van der Waals surface area contributed by atoms with E-state index in [-0.39, 0.29) is 35.2 Å². The molecule has 0 fully saturated rings. The van der Waals surface area contributed by atoms with Gasteiger partial charge in [-0.05, 0) is 44.2 Å². The van der Waals surface area contributed by atoms with Gasteiger partial charge in [0.15, 0.2) is 5.78 Å². The lowest BCUT2D eigenvalue weighted by molar-refractivity contribution is 0.0468. The van der Waals surface area contributed by atoms with Gasteiger partial charge < -0.3 is 13.9 Å². The van der Waals surface area contributed by atoms with Crippen molar-refractivity contribution in [3.8, 4) is 17.7 Å². The number of nitriles is 1. The molecule has 2 heterocycles. The van der Waals surface area contributed by atoms with E-state index in [9.17, 15) is 14.9 Å². The maximum atomic E-state index is 12.7. The van der Waals surface area contributed by atoms with Crippen molar-refractivity contribution < 1.29 is 23.5 Å². The molecule has 0 aliphatic carbocycles. The molecule has 3 aromatic rings. The molecule has 0 amide bonds. The standard InChI is InChI=1S/C21H18N2O5/c1-13(24)15-6-7-18(26-3)16(10-15)12-27-21(25)19-14(2)28-20(17(19)11-22)23-8-4-5-9-23/h4-10H,12H2,1-3H3. The van der Waals surface area contributed by atoms with E-state index in [4.69, 9.17) is 13.9 Å². The molecule has 0 radical (unpaired) electrons. The van der Waals surface area contributed by atoms with Crippen LogP contribution in [-0.4, -0.2) is 23.4 Å². The molecule has 0 N–H and O–H groups in total. The van der Waals surface area contributed by atoms with Crippen molar-refractivity contribution in [2.24, 2.45) is 0 Å². The number of methoxy groups -OCH3 is 1. The van der Waals surface area contributed by atoms with Gasteiger partial charge in [-0.3, -0.25) is 9.36 Å². The van der Waals surface area contributed by atoms with E-state index in [1.807, 2.05) is 6.07 Å². The highest BCUT2D eigenvalue weighted by atomic mass is 16.5. The SMILES string of the molecule is COc1ccc(C(C)=O)cc1COC(=O)c1c(C)oc(-n2cccc2)c1C#N. The molecule has 0 aliphatic rings. The molecule has 7 heteroatoms. The summed E-state index contributed by atoms with van der Waals surface area (Å²) < 4.78 is 17.9. The van der Waals surface area contributed by atoms with E-state index in [0.717, 1.165) is 0 Å². The van der Waals surface area contributed by atoms with Crippen LogP contribution in [0.2, 0.25) is 0 Å². The summed E-state index contributed by atoms with van der Waals surface area (Å²) in [4.78, 5) is 24.3. The molecule has 2 aromatic heterocycles. The minimum atomic E-state index is -0.688. The molecule has 142 valence electrons. The molecule has 7 nitrogen and oxygen atoms in total. The van der Waals surface area contributed by atoms with E-state index in [1.54, 1.807) is 54.2 Å². The Labute approximate surface area is 161 Å². The number of carbonyl (C=O) groups excluding carboxylic acids is 2. The van der Waals surface area contributed by atoms with Crippen molar-refractivity contribution in [3.05, 3.63) is 70.7 Å². The van der Waals surface area contributed by atoms with Crippen LogP contribution >= 0.6 is 0 Å². The van der Waals surface area contributed by atoms with Crippen LogP contribution in [0.5, 0.6) is 5.75 Å². The van der Waals surface area contributed by atoms with Crippen LogP contribution in [-0.2, 0) is 11.3 Å². The summed E-state index contributed by atoms with van der Waals surface area (Å²) in [7, 11) is 1.49. The monoisotopic (exact) mass is 378 g/mol. The predicted octanol–water partition coefficient (Wildman–Crippen LogP) is 3.82. The first-order valence-electron chi connectivity index (χ1n) is 8.48. The topological polar surface area (TPSA) is 94.5 Å². The smallest absolute Gasteiger partial charge is 0.343 e. The normalized spacial score (nSPS) is 10.4. The molecule has 28 heavy (non-hydrogen) atoms. The van der Waals surface area contributed by atoms with Crippen molar-refractivity contribution in [1.29, 1.82) is 5.26 Å². The van der Waals surface area contributed by atoms with Gasteiger partial charge in [-0.2, -0.15) is 5.26 Å². The first kappa shape index (κ1) is 19.0. The molecule has 3 rings (SSSR count). The Morgan fingerprint density at radius 2 is 1.96 bits per heavy atom. The lowest BCUT2D eigenvalue weighted by Crippen LogP contribution is -2.09. The van der Waals surface area contributed by atoms with Gasteiger partial charge in [0.1, 0.15) is 35.3 Å². The second kappa shape index (κ2) is 7.84. The number of aryl methyl sites for hydroxylation is 1. The lowest BCUT2D eigenvalue weighted by atomic mass is 10.1. The molecule has 0 saturated carbocycles. The van der Waals surface area contributed by atoms with Crippen LogP contribution < -0.4 is 4.74 Å². The summed E-state index contributed by atoms with van der Waals surface area (Å²) in [5.41, 5.74) is 1.21. The van der Waals surface area contributed by atoms with Crippen molar-refractivity contribution in [3.63, 3.8) is 0 Å². The van der Waals surface area contributed by atoms with Crippen LogP contribution in [0, 0.1) is 18.3 Å². The van der Waals surface area contributed by atoms with Crippen LogP contribution in [0.1, 0.15) is 44.5 Å². The number of benzene rings is 1. The number of Topliss-reactive ketones (excluding diaryl/α,β-unsaturated/α-hetero) is 1. The molecule has 0 unspecified atom stereocenters. The minimum absolute atomic E-state index is 0.0767. The number of hydrogen-bond donors (Lipinski definition) is 0. The maximum Gasteiger partial charge on any atom is 0.343 e. The number of esters is 1. The number of aromatic nitrogens is 1. The molecule has 0 saturated heterocycles. The highest BCUT2D eigenvalue weighted by Gasteiger charge is 2.26. The average Bonchev–Trinajstić information content (AvgIpc) is 3.32. The van der Waals surface area contributed by atoms with Gasteiger partial charge in [-0.25, -0.2) is 4.79 Å². The van der Waals surface area contributed by atoms with Crippen molar-refractivity contribution in [1.82, 2.24) is 4.57 Å². The molecule has 0 aliphatic heterocycles. The second-order valence-corrected chi connectivity index (χ2v) is 6.07. The van der Waals surface area contributed by atoms with Gasteiger partial charge in [0.05, 0.1) is 7.11 Å². The number of ether oxygens (including phenoxy) is 2. The molecular weight excluding hydrogens is 360 g/mol. The van der Waals surface area contributed by atoms with Crippen molar-refractivity contribution in [2.45, 2.75) is 20.5 Å². The maximum absolute atomic E-state index is 12.7. The Bertz CT molecular complexity index is 1070. The van der Waals surface area contributed by atoms with E-state index in [1.165, 1.54) is 14.0 Å². The summed E-state index contributed by atoms with van der Waals surface area (Å²) in [5.74, 6) is 0.244. The van der Waals surface area contributed by atoms with E-state index in [0.29, 0.717) is 16.9 Å². The van der Waals surface area contributed by atoms with Crippen LogP contribution in [0.4, 0.5) is 0 Å². The fourth-order valence-corrected chi connectivity index (χ4v) is 2.86. The van der Waals surface area contributed by atoms with Crippen LogP contribution in [0.3, 0.4) is 0 Å². The third-order valence-electron chi connectivity index (χ3n) is 4.27. The molecule has 1 aromatic carbocycles. The average molecular weight is 378 g/mol. The highest BCUT2D eigenvalue weighted by Crippen LogP contribution is 2.27. The number of carbonyl (C=O) groups is 2. The Morgan fingerprint density at radius 1 is 1.25 bits per heavy atom. The van der Waals surface area contributed by atoms with Crippen molar-refractivity contribution in [2.75, 3.05) is 7.11 Å². The third kappa shape index (κ3) is 3.53. The summed E-state index contributed by atoms with van der Waals surface area (Å²) >= 11 is 0. The zero-order chi connectivity index (χ0) is 20.3. The summed E-state index contributed by atoms with van der Waals surface area (Å²) in [6.45, 7) is 2.94. The molecule has 0 spiro atoms. The first-order valence-corrected chi connectivity index (χ1v) is 8.48. The van der Waals surface area contributed by atoms with Gasteiger partial charge in [0.25, 0.3) is 0 Å². The van der Waals surface area contributed by atoms with E-state index < -0.39 is 5.97 Å². The van der Waals surface area contributed by atoms with Gasteiger partial charge in [-0.1, -0.05) is 0 Å². The Kier molecular flexibility index (Phi) is 5.32. The fraction of sp³-hybridized carbons (Fsp3) is 0.190. The van der Waals surface area contributed by atoms with Gasteiger partial charge in [0, 0.05) is 23.5 Å². The summed E-state index contributed by atoms with van der Waals surface area (Å²) in [6.07, 6.45) is 3.43. The number of nitrogens with zero attached hydrogens (tertiary/aromatic N) is 2. The van der Waals surface area contributed by atoms with Crippen LogP contribution in [0.15, 0.2) is 47.1 Å². The highest BCUT2D eigenvalue weighted by molar-refractivity contribution is 5.95. The predicted molar refractivity (Wildman–Crippen MR) is 99.6 cm³/mol. The summed E-state index contributed by atoms with van der Waals surface area (Å²) in [5, 5.41) is 9.54. The first-order chi connectivity index (χ1) is 13.5. The van der Waals surface area contributed by atoms with Gasteiger partial charge in [0.2, 0.25) is 5.88 Å². The molecule has 0 atom stereocenters. The zero-order valence-electron chi connectivity index (χ0n) is 15.7. The van der Waals surface area contributed by atoms with Crippen molar-refractivity contribution >= 4 is 11.8 Å². The van der Waals surface area contributed by atoms with E-state index >= 15 is 0 Å². The lowest BCUT2D eigenvalue weighted by Gasteiger charge is -2.10. The van der Waals surface area contributed by atoms with E-state index in [2.05, 4.69) is 0 Å². The fourth-order valence-electron chi connectivity index (χ4n) is 2.86. The minimum Gasteiger partial charge on any atom is -0.496 e. The Hall–Kier alpha value is -3.79.